The molecule has 0 atom stereocenters. The summed E-state index contributed by atoms with van der Waals surface area (Å²) in [6.07, 6.45) is -2.84. The standard InChI is InChI=1S/C17H13ClF3N3O2/c1-2-14(25)22-8-10-3-5-11(6-4-10)16(26)24-15-13(18)7-12(9-23-15)17(19,20)21/h2-7,9H,1,8H2,(H,22,25)(H,23,24,26). The monoisotopic (exact) mass is 383 g/mol. The highest BCUT2D eigenvalue weighted by atomic mass is 35.5. The van der Waals surface area contributed by atoms with E-state index in [-0.39, 0.29) is 28.9 Å². The third kappa shape index (κ3) is 5.06. The van der Waals surface area contributed by atoms with Crippen LogP contribution in [0.1, 0.15) is 21.5 Å². The van der Waals surface area contributed by atoms with Crippen molar-refractivity contribution >= 4 is 29.2 Å². The van der Waals surface area contributed by atoms with Crippen molar-refractivity contribution in [1.29, 1.82) is 0 Å². The highest BCUT2D eigenvalue weighted by Crippen LogP contribution is 2.32. The van der Waals surface area contributed by atoms with Crippen LogP contribution in [0, 0.1) is 0 Å². The van der Waals surface area contributed by atoms with Crippen LogP contribution in [0.2, 0.25) is 5.02 Å². The van der Waals surface area contributed by atoms with Gasteiger partial charge in [0.2, 0.25) is 5.91 Å². The molecule has 0 fully saturated rings. The Kier molecular flexibility index (Phi) is 5.99. The van der Waals surface area contributed by atoms with E-state index in [2.05, 4.69) is 22.2 Å². The molecular formula is C17H13ClF3N3O2. The van der Waals surface area contributed by atoms with Gasteiger partial charge in [-0.25, -0.2) is 4.98 Å². The maximum absolute atomic E-state index is 12.6. The summed E-state index contributed by atoms with van der Waals surface area (Å²) in [5.74, 6) is -1.08. The number of benzene rings is 1. The molecule has 0 saturated carbocycles. The topological polar surface area (TPSA) is 71.1 Å². The third-order valence-corrected chi connectivity index (χ3v) is 3.56. The summed E-state index contributed by atoms with van der Waals surface area (Å²) in [6.45, 7) is 3.59. The predicted octanol–water partition coefficient (Wildman–Crippen LogP) is 3.81. The zero-order valence-electron chi connectivity index (χ0n) is 13.2. The quantitative estimate of drug-likeness (QED) is 0.771. The lowest BCUT2D eigenvalue weighted by Gasteiger charge is -2.10. The van der Waals surface area contributed by atoms with E-state index < -0.39 is 17.6 Å². The van der Waals surface area contributed by atoms with Crippen molar-refractivity contribution < 1.29 is 22.8 Å². The Hall–Kier alpha value is -2.87. The lowest BCUT2D eigenvalue weighted by molar-refractivity contribution is -0.137. The van der Waals surface area contributed by atoms with Crippen molar-refractivity contribution in [3.8, 4) is 0 Å². The van der Waals surface area contributed by atoms with E-state index in [1.165, 1.54) is 12.1 Å². The summed E-state index contributed by atoms with van der Waals surface area (Å²) in [5.41, 5.74) is -0.00424. The smallest absolute Gasteiger partial charge is 0.348 e. The van der Waals surface area contributed by atoms with Gasteiger partial charge in [0.25, 0.3) is 5.91 Å². The number of halogens is 4. The molecule has 1 aromatic heterocycles. The summed E-state index contributed by atoms with van der Waals surface area (Å²) >= 11 is 5.75. The largest absolute Gasteiger partial charge is 0.417 e. The first kappa shape index (κ1) is 19.5. The Bertz CT molecular complexity index is 836. The van der Waals surface area contributed by atoms with Crippen molar-refractivity contribution in [2.24, 2.45) is 0 Å². The molecule has 0 spiro atoms. The molecule has 2 rings (SSSR count). The summed E-state index contributed by atoms with van der Waals surface area (Å²) in [4.78, 5) is 26.8. The fourth-order valence-electron chi connectivity index (χ4n) is 1.90. The van der Waals surface area contributed by atoms with E-state index in [9.17, 15) is 22.8 Å². The molecule has 0 aliphatic rings. The molecule has 0 aliphatic heterocycles. The maximum Gasteiger partial charge on any atom is 0.417 e. The van der Waals surface area contributed by atoms with E-state index in [1.807, 2.05) is 0 Å². The minimum atomic E-state index is -4.57. The van der Waals surface area contributed by atoms with Gasteiger partial charge in [-0.1, -0.05) is 30.3 Å². The van der Waals surface area contributed by atoms with E-state index in [0.29, 0.717) is 12.3 Å². The van der Waals surface area contributed by atoms with Crippen LogP contribution in [0.15, 0.2) is 49.2 Å². The first-order valence-corrected chi connectivity index (χ1v) is 7.62. The van der Waals surface area contributed by atoms with E-state index >= 15 is 0 Å². The molecule has 0 saturated heterocycles. The Morgan fingerprint density at radius 3 is 2.42 bits per heavy atom. The maximum atomic E-state index is 12.6. The molecule has 26 heavy (non-hydrogen) atoms. The van der Waals surface area contributed by atoms with Crippen LogP contribution in [-0.4, -0.2) is 16.8 Å². The number of alkyl halides is 3. The SMILES string of the molecule is C=CC(=O)NCc1ccc(C(=O)Nc2ncc(C(F)(F)F)cc2Cl)cc1. The predicted molar refractivity (Wildman–Crippen MR) is 90.7 cm³/mol. The van der Waals surface area contributed by atoms with Gasteiger partial charge in [0.15, 0.2) is 5.82 Å². The number of amides is 2. The van der Waals surface area contributed by atoms with Crippen LogP contribution in [0.4, 0.5) is 19.0 Å². The number of pyridine rings is 1. The van der Waals surface area contributed by atoms with Gasteiger partial charge in [-0.05, 0) is 29.8 Å². The minimum absolute atomic E-state index is 0.174. The second kappa shape index (κ2) is 8.01. The second-order valence-corrected chi connectivity index (χ2v) is 5.53. The van der Waals surface area contributed by atoms with Crippen molar-refractivity contribution in [2.75, 3.05) is 5.32 Å². The molecule has 1 aromatic carbocycles. The summed E-state index contributed by atoms with van der Waals surface area (Å²) < 4.78 is 37.7. The van der Waals surface area contributed by atoms with Gasteiger partial charge >= 0.3 is 6.18 Å². The number of hydrogen-bond acceptors (Lipinski definition) is 3. The average Bonchev–Trinajstić information content (AvgIpc) is 2.60. The number of aromatic nitrogens is 1. The van der Waals surface area contributed by atoms with Gasteiger partial charge in [-0.3, -0.25) is 9.59 Å². The molecule has 2 amide bonds. The fourth-order valence-corrected chi connectivity index (χ4v) is 2.11. The van der Waals surface area contributed by atoms with Gasteiger partial charge in [-0.15, -0.1) is 0 Å². The zero-order chi connectivity index (χ0) is 19.3. The number of carbonyl (C=O) groups is 2. The molecule has 0 unspecified atom stereocenters. The van der Waals surface area contributed by atoms with Crippen molar-refractivity contribution in [3.05, 3.63) is 70.9 Å². The summed E-state index contributed by atoms with van der Waals surface area (Å²) in [7, 11) is 0. The van der Waals surface area contributed by atoms with Gasteiger partial charge < -0.3 is 10.6 Å². The molecule has 0 aliphatic carbocycles. The number of hydrogen-bond donors (Lipinski definition) is 2. The normalized spacial score (nSPS) is 10.9. The number of carbonyl (C=O) groups excluding carboxylic acids is 2. The molecule has 1 heterocycles. The summed E-state index contributed by atoms with van der Waals surface area (Å²) in [6, 6.07) is 6.95. The average molecular weight is 384 g/mol. The van der Waals surface area contributed by atoms with Crippen molar-refractivity contribution in [3.63, 3.8) is 0 Å². The van der Waals surface area contributed by atoms with Gasteiger partial charge in [0, 0.05) is 18.3 Å². The summed E-state index contributed by atoms with van der Waals surface area (Å²) in [5, 5.41) is 4.61. The molecule has 0 radical (unpaired) electrons. The van der Waals surface area contributed by atoms with Crippen LogP contribution in [0.25, 0.3) is 0 Å². The number of rotatable bonds is 5. The van der Waals surface area contributed by atoms with E-state index in [0.717, 1.165) is 11.6 Å². The molecule has 2 N–H and O–H groups in total. The van der Waals surface area contributed by atoms with Gasteiger partial charge in [-0.2, -0.15) is 13.2 Å². The van der Waals surface area contributed by atoms with Crippen LogP contribution in [0.5, 0.6) is 0 Å². The molecule has 136 valence electrons. The lowest BCUT2D eigenvalue weighted by Crippen LogP contribution is -2.20. The fraction of sp³-hybridized carbons (Fsp3) is 0.118. The number of nitrogens with one attached hydrogen (secondary N) is 2. The van der Waals surface area contributed by atoms with Gasteiger partial charge in [0.05, 0.1) is 10.6 Å². The Labute approximate surface area is 151 Å². The van der Waals surface area contributed by atoms with Crippen LogP contribution >= 0.6 is 11.6 Å². The molecule has 0 bridgehead atoms. The number of nitrogens with zero attached hydrogens (tertiary/aromatic N) is 1. The highest BCUT2D eigenvalue weighted by molar-refractivity contribution is 6.33. The van der Waals surface area contributed by atoms with E-state index in [4.69, 9.17) is 11.6 Å². The Morgan fingerprint density at radius 1 is 1.23 bits per heavy atom. The van der Waals surface area contributed by atoms with Crippen molar-refractivity contribution in [2.45, 2.75) is 12.7 Å². The number of anilines is 1. The Balaban J connectivity index is 2.06. The Morgan fingerprint density at radius 2 is 1.88 bits per heavy atom. The molecule has 5 nitrogen and oxygen atoms in total. The van der Waals surface area contributed by atoms with Crippen LogP contribution in [-0.2, 0) is 17.5 Å². The second-order valence-electron chi connectivity index (χ2n) is 5.13. The van der Waals surface area contributed by atoms with Gasteiger partial charge in [0.1, 0.15) is 0 Å². The zero-order valence-corrected chi connectivity index (χ0v) is 14.0. The first-order chi connectivity index (χ1) is 12.2. The van der Waals surface area contributed by atoms with Crippen molar-refractivity contribution in [1.82, 2.24) is 10.3 Å². The molecule has 9 heteroatoms. The molecular weight excluding hydrogens is 371 g/mol. The minimum Gasteiger partial charge on any atom is -0.348 e. The van der Waals surface area contributed by atoms with Crippen LogP contribution in [0.3, 0.4) is 0 Å². The highest BCUT2D eigenvalue weighted by Gasteiger charge is 2.31. The van der Waals surface area contributed by atoms with Crippen LogP contribution < -0.4 is 10.6 Å². The third-order valence-electron chi connectivity index (χ3n) is 3.27. The molecule has 2 aromatic rings. The first-order valence-electron chi connectivity index (χ1n) is 7.24. The van der Waals surface area contributed by atoms with E-state index in [1.54, 1.807) is 12.1 Å². The lowest BCUT2D eigenvalue weighted by atomic mass is 10.1.